The third-order valence-electron chi connectivity index (χ3n) is 3.12. The van der Waals surface area contributed by atoms with Crippen LogP contribution in [0.3, 0.4) is 0 Å². The fraction of sp³-hybridized carbons (Fsp3) is 0.667. The van der Waals surface area contributed by atoms with E-state index >= 15 is 0 Å². The molecule has 1 aromatic rings. The molecule has 1 saturated heterocycles. The fourth-order valence-corrected chi connectivity index (χ4v) is 3.65. The van der Waals surface area contributed by atoms with E-state index in [4.69, 9.17) is 0 Å². The van der Waals surface area contributed by atoms with Crippen molar-refractivity contribution in [1.29, 1.82) is 0 Å². The summed E-state index contributed by atoms with van der Waals surface area (Å²) in [4.78, 5) is 1.39. The lowest BCUT2D eigenvalue weighted by atomic mass is 9.94. The second kappa shape index (κ2) is 6.15. The first-order chi connectivity index (χ1) is 7.75. The van der Waals surface area contributed by atoms with Crippen LogP contribution in [0.4, 0.5) is 0 Å². The molecule has 16 heavy (non-hydrogen) atoms. The van der Waals surface area contributed by atoms with Crippen LogP contribution < -0.4 is 10.6 Å². The highest BCUT2D eigenvalue weighted by Gasteiger charge is 2.17. The molecular weight excluding hydrogens is 284 g/mol. The molecule has 0 bridgehead atoms. The summed E-state index contributed by atoms with van der Waals surface area (Å²) in [7, 11) is 0. The highest BCUT2D eigenvalue weighted by Crippen LogP contribution is 2.22. The van der Waals surface area contributed by atoms with Crippen LogP contribution in [0, 0.1) is 5.92 Å². The Kier molecular flexibility index (Phi) is 4.82. The third kappa shape index (κ3) is 3.55. The molecule has 0 radical (unpaired) electrons. The van der Waals surface area contributed by atoms with E-state index in [2.05, 4.69) is 44.9 Å². The van der Waals surface area contributed by atoms with Crippen LogP contribution in [0.15, 0.2) is 15.9 Å². The zero-order chi connectivity index (χ0) is 11.4. The second-order valence-corrected chi connectivity index (χ2v) is 6.46. The third-order valence-corrected chi connectivity index (χ3v) is 5.05. The van der Waals surface area contributed by atoms with Crippen molar-refractivity contribution in [3.8, 4) is 0 Å². The number of thiophene rings is 1. The largest absolute Gasteiger partial charge is 0.313 e. The Balaban J connectivity index is 1.70. The SMILES string of the molecule is CC1CCNC(CNCc2sccc2Br)C1. The van der Waals surface area contributed by atoms with E-state index in [1.165, 1.54) is 28.7 Å². The molecule has 0 spiro atoms. The lowest BCUT2D eigenvalue weighted by Gasteiger charge is -2.28. The topological polar surface area (TPSA) is 24.1 Å². The maximum atomic E-state index is 3.57. The Hall–Kier alpha value is 0.100. The monoisotopic (exact) mass is 302 g/mol. The minimum Gasteiger partial charge on any atom is -0.313 e. The summed E-state index contributed by atoms with van der Waals surface area (Å²) in [5.74, 6) is 0.876. The average molecular weight is 303 g/mol. The van der Waals surface area contributed by atoms with Crippen molar-refractivity contribution in [1.82, 2.24) is 10.6 Å². The summed E-state index contributed by atoms with van der Waals surface area (Å²) >= 11 is 5.36. The van der Waals surface area contributed by atoms with Gasteiger partial charge in [0.1, 0.15) is 0 Å². The van der Waals surface area contributed by atoms with Gasteiger partial charge in [0.05, 0.1) is 0 Å². The first kappa shape index (κ1) is 12.6. The molecule has 2 atom stereocenters. The number of nitrogens with one attached hydrogen (secondary N) is 2. The first-order valence-electron chi connectivity index (χ1n) is 5.91. The molecule has 1 aromatic heterocycles. The smallest absolute Gasteiger partial charge is 0.0327 e. The van der Waals surface area contributed by atoms with Crippen molar-refractivity contribution in [2.75, 3.05) is 13.1 Å². The summed E-state index contributed by atoms with van der Waals surface area (Å²) in [5, 5.41) is 9.24. The molecule has 1 fully saturated rings. The van der Waals surface area contributed by atoms with E-state index in [1.54, 1.807) is 11.3 Å². The standard InChI is InChI=1S/C12H19BrN2S/c1-9-2-4-15-10(6-9)7-14-8-12-11(13)3-5-16-12/h3,5,9-10,14-15H,2,4,6-8H2,1H3. The van der Waals surface area contributed by atoms with Crippen LogP contribution in [-0.4, -0.2) is 19.1 Å². The Morgan fingerprint density at radius 3 is 3.19 bits per heavy atom. The van der Waals surface area contributed by atoms with Crippen molar-refractivity contribution < 1.29 is 0 Å². The molecule has 2 nitrogen and oxygen atoms in total. The molecule has 0 saturated carbocycles. The van der Waals surface area contributed by atoms with Gasteiger partial charge in [-0.3, -0.25) is 0 Å². The van der Waals surface area contributed by atoms with Gasteiger partial charge < -0.3 is 10.6 Å². The minimum absolute atomic E-state index is 0.655. The van der Waals surface area contributed by atoms with E-state index in [9.17, 15) is 0 Å². The molecule has 1 aliphatic heterocycles. The van der Waals surface area contributed by atoms with Crippen molar-refractivity contribution in [3.63, 3.8) is 0 Å². The maximum Gasteiger partial charge on any atom is 0.0327 e. The number of hydrogen-bond acceptors (Lipinski definition) is 3. The number of piperidine rings is 1. The molecule has 0 amide bonds. The fourth-order valence-electron chi connectivity index (χ4n) is 2.19. The van der Waals surface area contributed by atoms with Crippen LogP contribution in [0.25, 0.3) is 0 Å². The average Bonchev–Trinajstić information content (AvgIpc) is 2.65. The van der Waals surface area contributed by atoms with Gasteiger partial charge in [-0.05, 0) is 52.7 Å². The second-order valence-electron chi connectivity index (χ2n) is 4.60. The normalized spacial score (nSPS) is 25.9. The predicted molar refractivity (Wildman–Crippen MR) is 73.9 cm³/mol. The van der Waals surface area contributed by atoms with E-state index in [1.807, 2.05) is 0 Å². The Labute approximate surface area is 110 Å². The summed E-state index contributed by atoms with van der Waals surface area (Å²) in [6.07, 6.45) is 2.63. The molecule has 1 aliphatic rings. The number of halogens is 1. The highest BCUT2D eigenvalue weighted by molar-refractivity contribution is 9.10. The van der Waals surface area contributed by atoms with Crippen molar-refractivity contribution in [3.05, 3.63) is 20.8 Å². The van der Waals surface area contributed by atoms with Gasteiger partial charge in [0.25, 0.3) is 0 Å². The van der Waals surface area contributed by atoms with Gasteiger partial charge in [0.15, 0.2) is 0 Å². The number of hydrogen-bond donors (Lipinski definition) is 2. The van der Waals surface area contributed by atoms with Crippen LogP contribution in [0.2, 0.25) is 0 Å². The molecule has 2 heterocycles. The van der Waals surface area contributed by atoms with E-state index in [0.717, 1.165) is 19.0 Å². The molecule has 2 N–H and O–H groups in total. The van der Waals surface area contributed by atoms with E-state index in [0.29, 0.717) is 6.04 Å². The Morgan fingerprint density at radius 1 is 1.62 bits per heavy atom. The van der Waals surface area contributed by atoms with Gasteiger partial charge in [0.2, 0.25) is 0 Å². The lowest BCUT2D eigenvalue weighted by Crippen LogP contribution is -2.43. The van der Waals surface area contributed by atoms with E-state index in [-0.39, 0.29) is 0 Å². The van der Waals surface area contributed by atoms with Gasteiger partial charge in [-0.15, -0.1) is 11.3 Å². The molecule has 2 rings (SSSR count). The van der Waals surface area contributed by atoms with Gasteiger partial charge in [-0.1, -0.05) is 6.92 Å². The summed E-state index contributed by atoms with van der Waals surface area (Å²) in [5.41, 5.74) is 0. The van der Waals surface area contributed by atoms with Crippen LogP contribution in [0.5, 0.6) is 0 Å². The zero-order valence-corrected chi connectivity index (χ0v) is 12.0. The Bertz CT molecular complexity index is 327. The predicted octanol–water partition coefficient (Wildman–Crippen LogP) is 2.99. The van der Waals surface area contributed by atoms with Gasteiger partial charge in [-0.25, -0.2) is 0 Å². The highest BCUT2D eigenvalue weighted by atomic mass is 79.9. The quantitative estimate of drug-likeness (QED) is 0.893. The first-order valence-corrected chi connectivity index (χ1v) is 7.59. The van der Waals surface area contributed by atoms with Crippen LogP contribution >= 0.6 is 27.3 Å². The number of rotatable bonds is 4. The molecule has 4 heteroatoms. The van der Waals surface area contributed by atoms with Crippen molar-refractivity contribution in [2.45, 2.75) is 32.4 Å². The van der Waals surface area contributed by atoms with Gasteiger partial charge in [0, 0.05) is 28.5 Å². The summed E-state index contributed by atoms with van der Waals surface area (Å²) in [6.45, 7) is 5.58. The molecule has 0 aromatic carbocycles. The lowest BCUT2D eigenvalue weighted by molar-refractivity contribution is 0.311. The van der Waals surface area contributed by atoms with Crippen molar-refractivity contribution in [2.24, 2.45) is 5.92 Å². The molecular formula is C12H19BrN2S. The Morgan fingerprint density at radius 2 is 2.50 bits per heavy atom. The van der Waals surface area contributed by atoms with Gasteiger partial charge in [-0.2, -0.15) is 0 Å². The molecule has 0 aliphatic carbocycles. The van der Waals surface area contributed by atoms with Gasteiger partial charge >= 0.3 is 0 Å². The molecule has 2 unspecified atom stereocenters. The molecule has 90 valence electrons. The van der Waals surface area contributed by atoms with Crippen LogP contribution in [0.1, 0.15) is 24.6 Å². The zero-order valence-electron chi connectivity index (χ0n) is 9.63. The maximum absolute atomic E-state index is 3.57. The summed E-state index contributed by atoms with van der Waals surface area (Å²) < 4.78 is 1.23. The van der Waals surface area contributed by atoms with Crippen molar-refractivity contribution >= 4 is 27.3 Å². The van der Waals surface area contributed by atoms with E-state index < -0.39 is 0 Å². The summed E-state index contributed by atoms with van der Waals surface area (Å²) in [6, 6.07) is 2.77. The minimum atomic E-state index is 0.655. The van der Waals surface area contributed by atoms with Crippen LogP contribution in [-0.2, 0) is 6.54 Å².